The monoisotopic (exact) mass is 393 g/mol. The quantitative estimate of drug-likeness (QED) is 0.594. The van der Waals surface area contributed by atoms with E-state index in [2.05, 4.69) is 10.1 Å². The maximum Gasteiger partial charge on any atom is 0.240 e. The van der Waals surface area contributed by atoms with Crippen molar-refractivity contribution >= 4 is 34.1 Å². The summed E-state index contributed by atoms with van der Waals surface area (Å²) in [6.07, 6.45) is 0.583. The molecule has 1 atom stereocenters. The van der Waals surface area contributed by atoms with Gasteiger partial charge in [-0.05, 0) is 36.8 Å². The smallest absolute Gasteiger partial charge is 0.240 e. The van der Waals surface area contributed by atoms with Gasteiger partial charge in [0.1, 0.15) is 10.9 Å². The van der Waals surface area contributed by atoms with E-state index in [0.717, 1.165) is 33.5 Å². The Morgan fingerprint density at radius 1 is 1.18 bits per heavy atom. The number of rotatable bonds is 3. The van der Waals surface area contributed by atoms with Crippen molar-refractivity contribution in [2.75, 3.05) is 7.11 Å². The van der Waals surface area contributed by atoms with Gasteiger partial charge >= 0.3 is 0 Å². The number of carbonyl (C=O) groups is 1. The molecule has 28 heavy (non-hydrogen) atoms. The van der Waals surface area contributed by atoms with Crippen LogP contribution in [0.1, 0.15) is 36.1 Å². The molecule has 5 nitrogen and oxygen atoms in total. The number of hydrogen-bond donors (Lipinski definition) is 0. The van der Waals surface area contributed by atoms with Crippen LogP contribution in [-0.4, -0.2) is 28.7 Å². The van der Waals surface area contributed by atoms with Crippen molar-refractivity contribution in [2.45, 2.75) is 26.3 Å². The standard InChI is InChI=1S/C22H20ClN3O2/c1-13-4-6-15(7-5-13)20-12-21(26(25-20)14(2)27)18-11-16-10-17(28-3)8-9-19(16)24-22(18)23/h4-11,21H,12H2,1-3H3. The summed E-state index contributed by atoms with van der Waals surface area (Å²) in [4.78, 5) is 16.8. The molecule has 0 aliphatic carbocycles. The summed E-state index contributed by atoms with van der Waals surface area (Å²) in [5.41, 5.74) is 4.61. The van der Waals surface area contributed by atoms with Crippen LogP contribution >= 0.6 is 11.6 Å². The predicted octanol–water partition coefficient (Wildman–Crippen LogP) is 4.90. The van der Waals surface area contributed by atoms with Gasteiger partial charge in [0, 0.05) is 24.3 Å². The lowest BCUT2D eigenvalue weighted by Crippen LogP contribution is -2.24. The molecule has 1 unspecified atom stereocenters. The Bertz CT molecular complexity index is 1090. The van der Waals surface area contributed by atoms with Gasteiger partial charge in [0.15, 0.2) is 0 Å². The van der Waals surface area contributed by atoms with E-state index >= 15 is 0 Å². The van der Waals surface area contributed by atoms with Gasteiger partial charge < -0.3 is 4.74 Å². The van der Waals surface area contributed by atoms with Gasteiger partial charge in [0.25, 0.3) is 0 Å². The van der Waals surface area contributed by atoms with Crippen molar-refractivity contribution in [3.8, 4) is 5.75 Å². The molecule has 0 bridgehead atoms. The van der Waals surface area contributed by atoms with Crippen LogP contribution in [0.5, 0.6) is 5.75 Å². The summed E-state index contributed by atoms with van der Waals surface area (Å²) in [6, 6.07) is 15.5. The van der Waals surface area contributed by atoms with Crippen molar-refractivity contribution in [3.63, 3.8) is 0 Å². The maximum absolute atomic E-state index is 12.3. The zero-order valence-electron chi connectivity index (χ0n) is 15.9. The van der Waals surface area contributed by atoms with Crippen LogP contribution in [0, 0.1) is 6.92 Å². The second-order valence-electron chi connectivity index (χ2n) is 6.92. The number of aromatic nitrogens is 1. The molecule has 1 aliphatic rings. The van der Waals surface area contributed by atoms with Gasteiger partial charge in [-0.15, -0.1) is 0 Å². The number of nitrogens with zero attached hydrogens (tertiary/aromatic N) is 3. The Morgan fingerprint density at radius 3 is 2.61 bits per heavy atom. The van der Waals surface area contributed by atoms with Gasteiger partial charge in [-0.1, -0.05) is 41.4 Å². The normalized spacial score (nSPS) is 16.4. The first-order valence-electron chi connectivity index (χ1n) is 9.05. The van der Waals surface area contributed by atoms with Gasteiger partial charge in [-0.25, -0.2) is 9.99 Å². The molecule has 142 valence electrons. The van der Waals surface area contributed by atoms with E-state index in [-0.39, 0.29) is 11.9 Å². The number of ether oxygens (including phenoxy) is 1. The highest BCUT2D eigenvalue weighted by Gasteiger charge is 2.33. The molecule has 3 aromatic rings. The Labute approximate surface area is 168 Å². The summed E-state index contributed by atoms with van der Waals surface area (Å²) >= 11 is 6.51. The second-order valence-corrected chi connectivity index (χ2v) is 7.28. The van der Waals surface area contributed by atoms with Gasteiger partial charge in [-0.3, -0.25) is 4.79 Å². The molecule has 1 aromatic heterocycles. The minimum absolute atomic E-state index is 0.131. The van der Waals surface area contributed by atoms with Crippen molar-refractivity contribution in [3.05, 3.63) is 70.4 Å². The number of methoxy groups -OCH3 is 1. The number of carbonyl (C=O) groups excluding carboxylic acids is 1. The summed E-state index contributed by atoms with van der Waals surface area (Å²) in [5.74, 6) is 0.614. The molecule has 0 saturated carbocycles. The second kappa shape index (κ2) is 7.24. The Morgan fingerprint density at radius 2 is 1.93 bits per heavy atom. The van der Waals surface area contributed by atoms with Crippen LogP contribution in [-0.2, 0) is 4.79 Å². The number of amides is 1. The zero-order chi connectivity index (χ0) is 19.8. The van der Waals surface area contributed by atoms with E-state index in [9.17, 15) is 4.79 Å². The minimum atomic E-state index is -0.288. The fraction of sp³-hybridized carbons (Fsp3) is 0.227. The van der Waals surface area contributed by atoms with Crippen molar-refractivity contribution in [2.24, 2.45) is 5.10 Å². The third kappa shape index (κ3) is 3.34. The molecule has 1 aliphatic heterocycles. The molecule has 6 heteroatoms. The van der Waals surface area contributed by atoms with Crippen LogP contribution in [0.15, 0.2) is 53.6 Å². The minimum Gasteiger partial charge on any atom is -0.497 e. The number of fused-ring (bicyclic) bond motifs is 1. The SMILES string of the molecule is COc1ccc2nc(Cl)c(C3CC(c4ccc(C)cc4)=NN3C(C)=O)cc2c1. The molecule has 0 radical (unpaired) electrons. The van der Waals surface area contributed by atoms with E-state index in [1.54, 1.807) is 7.11 Å². The third-order valence-corrected chi connectivity index (χ3v) is 5.28. The number of hydrogen-bond acceptors (Lipinski definition) is 4. The molecule has 0 saturated heterocycles. The first-order chi connectivity index (χ1) is 13.5. The Kier molecular flexibility index (Phi) is 4.77. The molecular formula is C22H20ClN3O2. The van der Waals surface area contributed by atoms with Crippen LogP contribution in [0.3, 0.4) is 0 Å². The predicted molar refractivity (Wildman–Crippen MR) is 111 cm³/mol. The first kappa shape index (κ1) is 18.4. The van der Waals surface area contributed by atoms with Gasteiger partial charge in [-0.2, -0.15) is 5.10 Å². The van der Waals surface area contributed by atoms with Crippen LogP contribution < -0.4 is 4.74 Å². The molecule has 2 heterocycles. The molecule has 0 N–H and O–H groups in total. The first-order valence-corrected chi connectivity index (χ1v) is 9.42. The lowest BCUT2D eigenvalue weighted by atomic mass is 9.98. The molecule has 1 amide bonds. The fourth-order valence-corrected chi connectivity index (χ4v) is 3.74. The van der Waals surface area contributed by atoms with Gasteiger partial charge in [0.2, 0.25) is 5.91 Å². The highest BCUT2D eigenvalue weighted by Crippen LogP contribution is 2.37. The highest BCUT2D eigenvalue weighted by atomic mass is 35.5. The highest BCUT2D eigenvalue weighted by molar-refractivity contribution is 6.30. The van der Waals surface area contributed by atoms with Gasteiger partial charge in [0.05, 0.1) is 24.4 Å². The number of halogens is 1. The van der Waals surface area contributed by atoms with E-state index in [1.165, 1.54) is 17.5 Å². The average Bonchev–Trinajstić information content (AvgIpc) is 3.13. The molecule has 0 fully saturated rings. The molecule has 4 rings (SSSR count). The summed E-state index contributed by atoms with van der Waals surface area (Å²) in [5, 5.41) is 7.39. The fourth-order valence-electron chi connectivity index (χ4n) is 3.47. The molecule has 2 aromatic carbocycles. The van der Waals surface area contributed by atoms with E-state index < -0.39 is 0 Å². The number of benzene rings is 2. The number of hydrazone groups is 1. The van der Waals surface area contributed by atoms with Crippen molar-refractivity contribution in [1.82, 2.24) is 9.99 Å². The Hall–Kier alpha value is -2.92. The average molecular weight is 394 g/mol. The zero-order valence-corrected chi connectivity index (χ0v) is 16.7. The maximum atomic E-state index is 12.3. The topological polar surface area (TPSA) is 54.8 Å². The summed E-state index contributed by atoms with van der Waals surface area (Å²) in [6.45, 7) is 3.56. The largest absolute Gasteiger partial charge is 0.497 e. The summed E-state index contributed by atoms with van der Waals surface area (Å²) < 4.78 is 5.31. The van der Waals surface area contributed by atoms with Crippen molar-refractivity contribution < 1.29 is 9.53 Å². The lowest BCUT2D eigenvalue weighted by Gasteiger charge is -2.21. The lowest BCUT2D eigenvalue weighted by molar-refractivity contribution is -0.130. The van der Waals surface area contributed by atoms with E-state index in [4.69, 9.17) is 16.3 Å². The van der Waals surface area contributed by atoms with E-state index in [0.29, 0.717) is 11.6 Å². The number of pyridine rings is 1. The van der Waals surface area contributed by atoms with E-state index in [1.807, 2.05) is 55.5 Å². The van der Waals surface area contributed by atoms with Crippen LogP contribution in [0.4, 0.5) is 0 Å². The number of aryl methyl sites for hydroxylation is 1. The van der Waals surface area contributed by atoms with Crippen LogP contribution in [0.25, 0.3) is 10.9 Å². The third-order valence-electron chi connectivity index (χ3n) is 4.98. The molecule has 0 spiro atoms. The Balaban J connectivity index is 1.76. The van der Waals surface area contributed by atoms with Crippen molar-refractivity contribution in [1.29, 1.82) is 0 Å². The van der Waals surface area contributed by atoms with Crippen LogP contribution in [0.2, 0.25) is 5.15 Å². The summed E-state index contributed by atoms with van der Waals surface area (Å²) in [7, 11) is 1.63. The molecular weight excluding hydrogens is 374 g/mol.